The minimum Gasteiger partial charge on any atom is -0.454 e. The summed E-state index contributed by atoms with van der Waals surface area (Å²) in [6.07, 6.45) is 3.17. The summed E-state index contributed by atoms with van der Waals surface area (Å²) in [5, 5.41) is -0.192. The van der Waals surface area contributed by atoms with Crippen molar-refractivity contribution in [3.8, 4) is 0 Å². The van der Waals surface area contributed by atoms with Crippen LogP contribution < -0.4 is 4.90 Å². The minimum atomic E-state index is -0.672. The predicted octanol–water partition coefficient (Wildman–Crippen LogP) is 2.94. The quantitative estimate of drug-likeness (QED) is 0.236. The fourth-order valence-corrected chi connectivity index (χ4v) is 4.04. The lowest BCUT2D eigenvalue weighted by atomic mass is 10.1. The zero-order valence-electron chi connectivity index (χ0n) is 16.7. The molecule has 1 aliphatic rings. The predicted molar refractivity (Wildman–Crippen MR) is 116 cm³/mol. The van der Waals surface area contributed by atoms with Crippen LogP contribution in [-0.4, -0.2) is 45.4 Å². The highest BCUT2D eigenvalue weighted by Crippen LogP contribution is 2.32. The van der Waals surface area contributed by atoms with Crippen molar-refractivity contribution >= 4 is 41.0 Å². The van der Waals surface area contributed by atoms with Crippen LogP contribution in [0.5, 0.6) is 0 Å². The number of nitrogens with zero attached hydrogens (tertiary/aromatic N) is 3. The first-order valence-corrected chi connectivity index (χ1v) is 10.6. The summed E-state index contributed by atoms with van der Waals surface area (Å²) >= 11 is 1.14. The smallest absolute Gasteiger partial charge is 0.338 e. The molecule has 0 saturated carbocycles. The standard InChI is InChI=1S/C23H17N3O5S/c27-18(15-5-2-1-3-6-15)14-31-22(30)16-7-9-17(10-8-16)26-20(28)13-19(21(26)29)32-23-24-11-4-12-25-23/h1-12,19H,13-14H2. The van der Waals surface area contributed by atoms with E-state index in [1.807, 2.05) is 0 Å². The maximum atomic E-state index is 12.8. The number of Topliss-reactive ketones (excluding diaryl/α,β-unsaturated/α-hetero) is 1. The number of carbonyl (C=O) groups excluding carboxylic acids is 4. The van der Waals surface area contributed by atoms with Crippen molar-refractivity contribution in [2.75, 3.05) is 11.5 Å². The minimum absolute atomic E-state index is 0.0349. The van der Waals surface area contributed by atoms with Gasteiger partial charge in [0.2, 0.25) is 11.8 Å². The highest BCUT2D eigenvalue weighted by Gasteiger charge is 2.40. The number of ether oxygens (including phenoxy) is 1. The molecule has 1 atom stereocenters. The molecule has 2 heterocycles. The molecular formula is C23H17N3O5S. The third-order valence-electron chi connectivity index (χ3n) is 4.69. The van der Waals surface area contributed by atoms with Gasteiger partial charge in [-0.25, -0.2) is 19.7 Å². The number of ketones is 1. The fourth-order valence-electron chi connectivity index (χ4n) is 3.11. The van der Waals surface area contributed by atoms with Crippen molar-refractivity contribution in [3.05, 3.63) is 84.2 Å². The number of esters is 1. The van der Waals surface area contributed by atoms with E-state index in [1.165, 1.54) is 24.3 Å². The van der Waals surface area contributed by atoms with Gasteiger partial charge in [-0.15, -0.1) is 0 Å². The van der Waals surface area contributed by atoms with E-state index >= 15 is 0 Å². The zero-order chi connectivity index (χ0) is 22.5. The lowest BCUT2D eigenvalue weighted by molar-refractivity contribution is -0.121. The molecule has 0 bridgehead atoms. The van der Waals surface area contributed by atoms with E-state index < -0.39 is 11.2 Å². The second-order valence-electron chi connectivity index (χ2n) is 6.82. The van der Waals surface area contributed by atoms with E-state index in [0.717, 1.165) is 16.7 Å². The van der Waals surface area contributed by atoms with Gasteiger partial charge in [-0.1, -0.05) is 42.1 Å². The molecule has 3 aromatic rings. The van der Waals surface area contributed by atoms with Gasteiger partial charge < -0.3 is 4.74 Å². The molecule has 1 aliphatic heterocycles. The Labute approximate surface area is 187 Å². The summed E-state index contributed by atoms with van der Waals surface area (Å²) in [6, 6.07) is 16.1. The molecule has 0 aliphatic carbocycles. The van der Waals surface area contributed by atoms with Crippen LogP contribution in [0.1, 0.15) is 27.1 Å². The summed E-state index contributed by atoms with van der Waals surface area (Å²) in [4.78, 5) is 58.8. The Morgan fingerprint density at radius 1 is 0.938 bits per heavy atom. The molecule has 0 spiro atoms. The molecule has 2 amide bonds. The average molecular weight is 447 g/mol. The zero-order valence-corrected chi connectivity index (χ0v) is 17.5. The van der Waals surface area contributed by atoms with Gasteiger partial charge in [0.05, 0.1) is 11.3 Å². The topological polar surface area (TPSA) is 107 Å². The molecule has 8 nitrogen and oxygen atoms in total. The Morgan fingerprint density at radius 3 is 2.31 bits per heavy atom. The van der Waals surface area contributed by atoms with Crippen molar-refractivity contribution in [2.24, 2.45) is 0 Å². The molecule has 1 unspecified atom stereocenters. The lowest BCUT2D eigenvalue weighted by Gasteiger charge is -2.15. The van der Waals surface area contributed by atoms with Crippen LogP contribution >= 0.6 is 11.8 Å². The van der Waals surface area contributed by atoms with Gasteiger partial charge in [0.15, 0.2) is 17.5 Å². The van der Waals surface area contributed by atoms with E-state index in [-0.39, 0.29) is 36.2 Å². The number of rotatable bonds is 7. The van der Waals surface area contributed by atoms with E-state index in [2.05, 4.69) is 9.97 Å². The third-order valence-corrected chi connectivity index (χ3v) is 5.76. The molecule has 0 radical (unpaired) electrons. The Kier molecular flexibility index (Phi) is 6.37. The van der Waals surface area contributed by atoms with E-state index in [4.69, 9.17) is 4.74 Å². The van der Waals surface area contributed by atoms with Gasteiger partial charge in [-0.3, -0.25) is 14.4 Å². The van der Waals surface area contributed by atoms with Gasteiger partial charge in [-0.2, -0.15) is 0 Å². The van der Waals surface area contributed by atoms with E-state index in [0.29, 0.717) is 16.4 Å². The molecule has 2 aromatic carbocycles. The van der Waals surface area contributed by atoms with Gasteiger partial charge in [-0.05, 0) is 30.3 Å². The number of benzene rings is 2. The van der Waals surface area contributed by atoms with E-state index in [9.17, 15) is 19.2 Å². The Bertz CT molecular complexity index is 1150. The van der Waals surface area contributed by atoms with Gasteiger partial charge >= 0.3 is 5.97 Å². The van der Waals surface area contributed by atoms with Gasteiger partial charge in [0.25, 0.3) is 0 Å². The number of hydrogen-bond acceptors (Lipinski definition) is 8. The summed E-state index contributed by atoms with van der Waals surface area (Å²) in [6.45, 7) is -0.381. The second kappa shape index (κ2) is 9.52. The number of amides is 2. The summed E-state index contributed by atoms with van der Waals surface area (Å²) in [5.41, 5.74) is 1.02. The first-order valence-electron chi connectivity index (χ1n) is 9.69. The Hall–Kier alpha value is -3.85. The maximum Gasteiger partial charge on any atom is 0.338 e. The van der Waals surface area contributed by atoms with Crippen LogP contribution in [0.25, 0.3) is 0 Å². The van der Waals surface area contributed by atoms with Crippen LogP contribution in [0.4, 0.5) is 5.69 Å². The molecule has 1 aromatic heterocycles. The molecule has 1 saturated heterocycles. The number of aromatic nitrogens is 2. The number of imide groups is 1. The molecule has 160 valence electrons. The van der Waals surface area contributed by atoms with Crippen LogP contribution in [0.3, 0.4) is 0 Å². The molecule has 32 heavy (non-hydrogen) atoms. The highest BCUT2D eigenvalue weighted by molar-refractivity contribution is 8.00. The third kappa shape index (κ3) is 4.73. The Morgan fingerprint density at radius 2 is 1.62 bits per heavy atom. The largest absolute Gasteiger partial charge is 0.454 e. The second-order valence-corrected chi connectivity index (χ2v) is 7.99. The van der Waals surface area contributed by atoms with Crippen LogP contribution in [0, 0.1) is 0 Å². The van der Waals surface area contributed by atoms with Crippen molar-refractivity contribution in [1.29, 1.82) is 0 Å². The fraction of sp³-hybridized carbons (Fsp3) is 0.130. The number of hydrogen-bond donors (Lipinski definition) is 0. The number of anilines is 1. The first kappa shape index (κ1) is 21.4. The molecule has 1 fully saturated rings. The van der Waals surface area contributed by atoms with E-state index in [1.54, 1.807) is 48.8 Å². The molecule has 4 rings (SSSR count). The van der Waals surface area contributed by atoms with Crippen molar-refractivity contribution in [2.45, 2.75) is 16.8 Å². The monoisotopic (exact) mass is 447 g/mol. The number of thioether (sulfide) groups is 1. The SMILES string of the molecule is O=C(COC(=O)c1ccc(N2C(=O)CC(Sc3ncccn3)C2=O)cc1)c1ccccc1. The van der Waals surface area contributed by atoms with Crippen LogP contribution in [0.15, 0.2) is 78.2 Å². The van der Waals surface area contributed by atoms with Crippen LogP contribution in [0.2, 0.25) is 0 Å². The normalized spacial score (nSPS) is 15.6. The van der Waals surface area contributed by atoms with Crippen molar-refractivity contribution in [1.82, 2.24) is 9.97 Å². The lowest BCUT2D eigenvalue weighted by Crippen LogP contribution is -2.31. The highest BCUT2D eigenvalue weighted by atomic mass is 32.2. The first-order chi connectivity index (χ1) is 15.5. The molecule has 9 heteroatoms. The van der Waals surface area contributed by atoms with Crippen LogP contribution in [-0.2, 0) is 14.3 Å². The molecular weight excluding hydrogens is 430 g/mol. The van der Waals surface area contributed by atoms with Gasteiger partial charge in [0.1, 0.15) is 5.25 Å². The number of carbonyl (C=O) groups is 4. The average Bonchev–Trinajstić information content (AvgIpc) is 3.11. The van der Waals surface area contributed by atoms with Crippen molar-refractivity contribution < 1.29 is 23.9 Å². The summed E-state index contributed by atoms with van der Waals surface area (Å²) < 4.78 is 5.08. The Balaban J connectivity index is 1.38. The summed E-state index contributed by atoms with van der Waals surface area (Å²) in [5.74, 6) is -1.69. The van der Waals surface area contributed by atoms with Crippen molar-refractivity contribution in [3.63, 3.8) is 0 Å². The molecule has 0 N–H and O–H groups in total. The van der Waals surface area contributed by atoms with Gasteiger partial charge in [0, 0.05) is 24.4 Å². The summed E-state index contributed by atoms with van der Waals surface area (Å²) in [7, 11) is 0. The maximum absolute atomic E-state index is 12.8.